The number of rotatable bonds is 4. The van der Waals surface area contributed by atoms with Crippen LogP contribution in [-0.2, 0) is 0 Å². The van der Waals surface area contributed by atoms with Crippen LogP contribution in [0.3, 0.4) is 0 Å². The number of nitrogens with zero attached hydrogens (tertiary/aromatic N) is 3. The van der Waals surface area contributed by atoms with E-state index < -0.39 is 6.04 Å². The first-order chi connectivity index (χ1) is 11.0. The maximum Gasteiger partial charge on any atom is 0.267 e. The van der Waals surface area contributed by atoms with Gasteiger partial charge < -0.3 is 5.73 Å². The minimum atomic E-state index is -0.401. The lowest BCUT2D eigenvalue weighted by Crippen LogP contribution is -2.28. The van der Waals surface area contributed by atoms with Gasteiger partial charge in [0.1, 0.15) is 5.82 Å². The molecule has 0 aliphatic heterocycles. The molecule has 1 atom stereocenters. The Morgan fingerprint density at radius 1 is 1.35 bits per heavy atom. The predicted molar refractivity (Wildman–Crippen MR) is 91.3 cm³/mol. The largest absolute Gasteiger partial charge is 0.321 e. The summed E-state index contributed by atoms with van der Waals surface area (Å²) >= 11 is 12.4. The van der Waals surface area contributed by atoms with Gasteiger partial charge in [-0.15, -0.1) is 0 Å². The normalized spacial score (nSPS) is 12.7. The molecule has 3 rings (SSSR count). The molecule has 0 bridgehead atoms. The fraction of sp³-hybridized carbons (Fsp3) is 0.267. The van der Waals surface area contributed by atoms with Crippen LogP contribution < -0.4 is 11.3 Å². The van der Waals surface area contributed by atoms with Crippen LogP contribution in [0.5, 0.6) is 0 Å². The highest BCUT2D eigenvalue weighted by Crippen LogP contribution is 2.28. The van der Waals surface area contributed by atoms with E-state index in [-0.39, 0.29) is 10.9 Å². The van der Waals surface area contributed by atoms with E-state index in [1.54, 1.807) is 18.3 Å². The maximum absolute atomic E-state index is 13.0. The third-order valence-corrected chi connectivity index (χ3v) is 4.24. The fourth-order valence-electron chi connectivity index (χ4n) is 2.54. The SMILES string of the molecule is CCC[C@H](N)c1nc2c(Cl)ccc(Cl)c2c(=O)n1-c1cn[nH]c1. The minimum Gasteiger partial charge on any atom is -0.321 e. The zero-order valence-corrected chi connectivity index (χ0v) is 13.9. The number of aromatic amines is 1. The number of hydrogen-bond acceptors (Lipinski definition) is 4. The molecule has 0 saturated heterocycles. The number of halogens is 2. The van der Waals surface area contributed by atoms with Crippen molar-refractivity contribution in [2.45, 2.75) is 25.8 Å². The summed E-state index contributed by atoms with van der Waals surface area (Å²) in [4.78, 5) is 17.6. The summed E-state index contributed by atoms with van der Waals surface area (Å²) in [7, 11) is 0. The van der Waals surface area contributed by atoms with Crippen molar-refractivity contribution < 1.29 is 0 Å². The van der Waals surface area contributed by atoms with E-state index in [2.05, 4.69) is 15.2 Å². The molecule has 120 valence electrons. The number of nitrogens with one attached hydrogen (secondary N) is 1. The first-order valence-corrected chi connectivity index (χ1v) is 7.95. The number of nitrogens with two attached hydrogens (primary N) is 1. The Kier molecular flexibility index (Phi) is 4.39. The number of fused-ring (bicyclic) bond motifs is 1. The third-order valence-electron chi connectivity index (χ3n) is 3.62. The van der Waals surface area contributed by atoms with E-state index in [0.29, 0.717) is 33.5 Å². The van der Waals surface area contributed by atoms with Crippen LogP contribution in [0.2, 0.25) is 10.0 Å². The second-order valence-corrected chi connectivity index (χ2v) is 6.03. The Balaban J connectivity index is 2.42. The first kappa shape index (κ1) is 16.0. The lowest BCUT2D eigenvalue weighted by molar-refractivity contribution is 0.583. The first-order valence-electron chi connectivity index (χ1n) is 7.20. The molecule has 0 spiro atoms. The minimum absolute atomic E-state index is 0.271. The van der Waals surface area contributed by atoms with Gasteiger partial charge in [-0.05, 0) is 18.6 Å². The molecule has 0 aliphatic carbocycles. The Morgan fingerprint density at radius 3 is 2.74 bits per heavy atom. The van der Waals surface area contributed by atoms with Gasteiger partial charge in [-0.2, -0.15) is 5.10 Å². The highest BCUT2D eigenvalue weighted by atomic mass is 35.5. The van der Waals surface area contributed by atoms with Gasteiger partial charge in [0.25, 0.3) is 5.56 Å². The van der Waals surface area contributed by atoms with E-state index in [4.69, 9.17) is 28.9 Å². The summed E-state index contributed by atoms with van der Waals surface area (Å²) in [5.74, 6) is 0.440. The van der Waals surface area contributed by atoms with Crippen LogP contribution in [0, 0.1) is 0 Å². The number of aromatic nitrogens is 4. The zero-order chi connectivity index (χ0) is 16.6. The molecule has 0 saturated carbocycles. The second-order valence-electron chi connectivity index (χ2n) is 5.22. The van der Waals surface area contributed by atoms with E-state index in [1.807, 2.05) is 6.92 Å². The number of hydrogen-bond donors (Lipinski definition) is 2. The molecule has 0 fully saturated rings. The van der Waals surface area contributed by atoms with Gasteiger partial charge in [0.05, 0.1) is 38.9 Å². The molecule has 0 unspecified atom stereocenters. The van der Waals surface area contributed by atoms with Crippen LogP contribution >= 0.6 is 23.2 Å². The van der Waals surface area contributed by atoms with Crippen molar-refractivity contribution in [2.75, 3.05) is 0 Å². The molecule has 23 heavy (non-hydrogen) atoms. The van der Waals surface area contributed by atoms with Crippen molar-refractivity contribution in [2.24, 2.45) is 5.73 Å². The van der Waals surface area contributed by atoms with Gasteiger partial charge in [0.2, 0.25) is 0 Å². The Bertz CT molecular complexity index is 904. The lowest BCUT2D eigenvalue weighted by Gasteiger charge is -2.17. The van der Waals surface area contributed by atoms with Crippen LogP contribution in [0.25, 0.3) is 16.6 Å². The van der Waals surface area contributed by atoms with Crippen molar-refractivity contribution in [1.82, 2.24) is 19.7 Å². The van der Waals surface area contributed by atoms with Crippen LogP contribution in [0.15, 0.2) is 29.3 Å². The van der Waals surface area contributed by atoms with Gasteiger partial charge in [-0.1, -0.05) is 36.5 Å². The number of benzene rings is 1. The highest BCUT2D eigenvalue weighted by Gasteiger charge is 2.21. The molecule has 2 aromatic heterocycles. The van der Waals surface area contributed by atoms with Crippen LogP contribution in [-0.4, -0.2) is 19.7 Å². The van der Waals surface area contributed by atoms with Gasteiger partial charge in [-0.3, -0.25) is 14.5 Å². The van der Waals surface area contributed by atoms with E-state index in [1.165, 1.54) is 10.8 Å². The molecule has 8 heteroatoms. The van der Waals surface area contributed by atoms with Gasteiger partial charge in [0, 0.05) is 6.20 Å². The van der Waals surface area contributed by atoms with Crippen molar-refractivity contribution in [3.05, 3.63) is 50.7 Å². The summed E-state index contributed by atoms with van der Waals surface area (Å²) < 4.78 is 1.44. The smallest absolute Gasteiger partial charge is 0.267 e. The second kappa shape index (κ2) is 6.31. The zero-order valence-electron chi connectivity index (χ0n) is 12.4. The van der Waals surface area contributed by atoms with E-state index in [9.17, 15) is 4.79 Å². The third kappa shape index (κ3) is 2.73. The predicted octanol–water partition coefficient (Wildman–Crippen LogP) is 3.22. The molecule has 3 aromatic rings. The van der Waals surface area contributed by atoms with E-state index >= 15 is 0 Å². The average Bonchev–Trinajstić information content (AvgIpc) is 3.04. The van der Waals surface area contributed by atoms with Crippen LogP contribution in [0.4, 0.5) is 0 Å². The van der Waals surface area contributed by atoms with Crippen molar-refractivity contribution in [3.63, 3.8) is 0 Å². The molecule has 0 amide bonds. The number of H-pyrrole nitrogens is 1. The summed E-state index contributed by atoms with van der Waals surface area (Å²) in [6, 6.07) is 2.80. The highest BCUT2D eigenvalue weighted by molar-refractivity contribution is 6.39. The molecular formula is C15H15Cl2N5O. The maximum atomic E-state index is 13.0. The van der Waals surface area contributed by atoms with Crippen molar-refractivity contribution >= 4 is 34.1 Å². The quantitative estimate of drug-likeness (QED) is 0.754. The summed E-state index contributed by atoms with van der Waals surface area (Å²) in [5, 5.41) is 7.52. The Morgan fingerprint density at radius 2 is 2.09 bits per heavy atom. The standard InChI is InChI=1S/C15H15Cl2N5O/c1-2-3-11(18)14-21-13-10(17)5-4-9(16)12(13)15(23)22(14)8-6-19-20-7-8/h4-7,11H,2-3,18H2,1H3,(H,19,20)/t11-/m0/s1. The molecule has 3 N–H and O–H groups in total. The summed E-state index contributed by atoms with van der Waals surface area (Å²) in [6.07, 6.45) is 4.70. The van der Waals surface area contributed by atoms with Gasteiger partial charge >= 0.3 is 0 Å². The molecule has 6 nitrogen and oxygen atoms in total. The van der Waals surface area contributed by atoms with Crippen molar-refractivity contribution in [1.29, 1.82) is 0 Å². The Hall–Kier alpha value is -1.89. The molecule has 0 radical (unpaired) electrons. The molecule has 2 heterocycles. The molecule has 0 aliphatic rings. The van der Waals surface area contributed by atoms with Crippen LogP contribution in [0.1, 0.15) is 31.6 Å². The monoisotopic (exact) mass is 351 g/mol. The topological polar surface area (TPSA) is 89.6 Å². The summed E-state index contributed by atoms with van der Waals surface area (Å²) in [6.45, 7) is 2.02. The van der Waals surface area contributed by atoms with Crippen molar-refractivity contribution in [3.8, 4) is 5.69 Å². The summed E-state index contributed by atoms with van der Waals surface area (Å²) in [5.41, 5.74) is 6.84. The average molecular weight is 352 g/mol. The lowest BCUT2D eigenvalue weighted by atomic mass is 10.1. The Labute approximate surface area is 142 Å². The van der Waals surface area contributed by atoms with Gasteiger partial charge in [-0.25, -0.2) is 4.98 Å². The fourth-order valence-corrected chi connectivity index (χ4v) is 2.97. The van der Waals surface area contributed by atoms with Gasteiger partial charge in [0.15, 0.2) is 0 Å². The molecular weight excluding hydrogens is 337 g/mol. The van der Waals surface area contributed by atoms with E-state index in [0.717, 1.165) is 6.42 Å². The molecule has 1 aromatic carbocycles.